The van der Waals surface area contributed by atoms with E-state index in [2.05, 4.69) is 28.7 Å². The molecule has 2 rings (SSSR count). The molecule has 1 aromatic rings. The van der Waals surface area contributed by atoms with Crippen LogP contribution in [0, 0.1) is 5.92 Å². The average molecular weight is 518 g/mol. The first kappa shape index (κ1) is 26.0. The monoisotopic (exact) mass is 518 g/mol. The lowest BCUT2D eigenvalue weighted by Crippen LogP contribution is -2.46. The average Bonchev–Trinajstić information content (AvgIpc) is 3.23. The van der Waals surface area contributed by atoms with E-state index in [9.17, 15) is 0 Å². The van der Waals surface area contributed by atoms with Crippen molar-refractivity contribution in [1.29, 1.82) is 0 Å². The molecule has 1 aliphatic heterocycles. The number of likely N-dealkylation sites (N-methyl/N-ethyl adjacent to an activating group) is 1. The standard InChI is InChI=1S/C22H38N4O2.HI/c1-4-12-23-22(24-13-9-21-8-6-18-28-21)26-15-10-20(11-16-26)7-5-14-25(2)17-19-27-3;/h4,6,8,18,20H,1,5,7,9-17,19H2,2-3H3,(H,23,24);1H. The second kappa shape index (κ2) is 15.7. The number of ether oxygens (including phenoxy) is 1. The first-order chi connectivity index (χ1) is 13.7. The molecule has 1 saturated heterocycles. The predicted molar refractivity (Wildman–Crippen MR) is 131 cm³/mol. The van der Waals surface area contributed by atoms with Crippen molar-refractivity contribution in [2.45, 2.75) is 32.1 Å². The molecule has 1 aliphatic rings. The number of rotatable bonds is 12. The van der Waals surface area contributed by atoms with Gasteiger partial charge in [0.25, 0.3) is 0 Å². The Kier molecular flexibility index (Phi) is 14.1. The lowest BCUT2D eigenvalue weighted by molar-refractivity contribution is 0.158. The lowest BCUT2D eigenvalue weighted by atomic mass is 9.92. The van der Waals surface area contributed by atoms with Gasteiger partial charge < -0.3 is 24.3 Å². The minimum absolute atomic E-state index is 0. The normalized spacial score (nSPS) is 15.4. The fourth-order valence-electron chi connectivity index (χ4n) is 3.60. The van der Waals surface area contributed by atoms with Crippen molar-refractivity contribution < 1.29 is 9.15 Å². The zero-order valence-corrected chi connectivity index (χ0v) is 20.5. The van der Waals surface area contributed by atoms with E-state index < -0.39 is 0 Å². The molecule has 7 heteroatoms. The summed E-state index contributed by atoms with van der Waals surface area (Å²) in [6, 6.07) is 3.93. The maximum absolute atomic E-state index is 5.40. The highest BCUT2D eigenvalue weighted by molar-refractivity contribution is 14.0. The third-order valence-corrected chi connectivity index (χ3v) is 5.35. The lowest BCUT2D eigenvalue weighted by Gasteiger charge is -2.34. The molecule has 0 aromatic carbocycles. The van der Waals surface area contributed by atoms with Crippen LogP contribution < -0.4 is 5.32 Å². The van der Waals surface area contributed by atoms with Crippen LogP contribution in [0.1, 0.15) is 31.4 Å². The number of guanidine groups is 1. The number of nitrogens with one attached hydrogen (secondary N) is 1. The van der Waals surface area contributed by atoms with Crippen molar-refractivity contribution >= 4 is 29.9 Å². The predicted octanol–water partition coefficient (Wildman–Crippen LogP) is 3.64. The molecule has 29 heavy (non-hydrogen) atoms. The van der Waals surface area contributed by atoms with E-state index in [-0.39, 0.29) is 24.0 Å². The van der Waals surface area contributed by atoms with Gasteiger partial charge in [0.1, 0.15) is 5.76 Å². The van der Waals surface area contributed by atoms with Crippen LogP contribution in [-0.4, -0.2) is 75.8 Å². The van der Waals surface area contributed by atoms with Gasteiger partial charge in [-0.2, -0.15) is 0 Å². The second-order valence-electron chi connectivity index (χ2n) is 7.57. The highest BCUT2D eigenvalue weighted by atomic mass is 127. The number of aliphatic imine (C=N–C) groups is 1. The van der Waals surface area contributed by atoms with Crippen molar-refractivity contribution in [2.24, 2.45) is 10.9 Å². The summed E-state index contributed by atoms with van der Waals surface area (Å²) in [5, 5.41) is 3.42. The van der Waals surface area contributed by atoms with Crippen LogP contribution in [0.25, 0.3) is 0 Å². The van der Waals surface area contributed by atoms with Crippen LogP contribution >= 0.6 is 24.0 Å². The molecule has 0 atom stereocenters. The molecule has 1 N–H and O–H groups in total. The summed E-state index contributed by atoms with van der Waals surface area (Å²) >= 11 is 0. The summed E-state index contributed by atoms with van der Waals surface area (Å²) in [6.45, 7) is 10.4. The van der Waals surface area contributed by atoms with Crippen LogP contribution in [0.15, 0.2) is 40.5 Å². The van der Waals surface area contributed by atoms with Crippen molar-refractivity contribution in [3.63, 3.8) is 0 Å². The zero-order chi connectivity index (χ0) is 20.0. The van der Waals surface area contributed by atoms with Crippen molar-refractivity contribution in [2.75, 3.05) is 60.0 Å². The molecule has 0 spiro atoms. The number of nitrogens with zero attached hydrogens (tertiary/aromatic N) is 3. The molecule has 0 aliphatic carbocycles. The molecule has 0 amide bonds. The maximum Gasteiger partial charge on any atom is 0.194 e. The maximum atomic E-state index is 5.40. The molecule has 2 heterocycles. The molecule has 166 valence electrons. The van der Waals surface area contributed by atoms with Gasteiger partial charge in [-0.15, -0.1) is 30.6 Å². The van der Waals surface area contributed by atoms with Gasteiger partial charge in [-0.3, -0.25) is 4.99 Å². The number of hydrogen-bond acceptors (Lipinski definition) is 4. The Morgan fingerprint density at radius 3 is 2.86 bits per heavy atom. The highest BCUT2D eigenvalue weighted by Crippen LogP contribution is 2.22. The smallest absolute Gasteiger partial charge is 0.194 e. The SMILES string of the molecule is C=CCNC(=NCCc1ccco1)N1CCC(CCCN(C)CCOC)CC1.I. The molecule has 1 fully saturated rings. The summed E-state index contributed by atoms with van der Waals surface area (Å²) in [6.07, 6.45) is 9.51. The van der Waals surface area contributed by atoms with Crippen LogP contribution in [0.4, 0.5) is 0 Å². The Morgan fingerprint density at radius 2 is 2.21 bits per heavy atom. The molecule has 6 nitrogen and oxygen atoms in total. The van der Waals surface area contributed by atoms with Crippen LogP contribution in [0.5, 0.6) is 0 Å². The topological polar surface area (TPSA) is 53.2 Å². The molecule has 1 aromatic heterocycles. The fourth-order valence-corrected chi connectivity index (χ4v) is 3.60. The Morgan fingerprint density at radius 1 is 1.41 bits per heavy atom. The second-order valence-corrected chi connectivity index (χ2v) is 7.57. The third-order valence-electron chi connectivity index (χ3n) is 5.35. The Balaban J connectivity index is 0.00000420. The van der Waals surface area contributed by atoms with Gasteiger partial charge in [-0.1, -0.05) is 6.08 Å². The summed E-state index contributed by atoms with van der Waals surface area (Å²) in [7, 11) is 3.94. The summed E-state index contributed by atoms with van der Waals surface area (Å²) in [4.78, 5) is 9.56. The number of methoxy groups -OCH3 is 1. The molecule has 0 saturated carbocycles. The third kappa shape index (κ3) is 10.5. The van der Waals surface area contributed by atoms with Gasteiger partial charge >= 0.3 is 0 Å². The van der Waals surface area contributed by atoms with Gasteiger partial charge in [0, 0.05) is 46.3 Å². The van der Waals surface area contributed by atoms with E-state index in [1.165, 1.54) is 25.7 Å². The minimum atomic E-state index is 0. The largest absolute Gasteiger partial charge is 0.469 e. The molecular formula is C22H39IN4O2. The quantitative estimate of drug-likeness (QED) is 0.198. The molecular weight excluding hydrogens is 479 g/mol. The molecule has 0 unspecified atom stereocenters. The minimum Gasteiger partial charge on any atom is -0.469 e. The number of halogens is 1. The zero-order valence-electron chi connectivity index (χ0n) is 18.1. The number of likely N-dealkylation sites (tertiary alicyclic amines) is 1. The Hall–Kier alpha value is -1.06. The van der Waals surface area contributed by atoms with Gasteiger partial charge in [-0.05, 0) is 57.3 Å². The van der Waals surface area contributed by atoms with E-state index in [1.54, 1.807) is 13.4 Å². The summed E-state index contributed by atoms with van der Waals surface area (Å²) in [5.41, 5.74) is 0. The van der Waals surface area contributed by atoms with Gasteiger partial charge in [0.2, 0.25) is 0 Å². The fraction of sp³-hybridized carbons (Fsp3) is 0.682. The van der Waals surface area contributed by atoms with E-state index in [0.717, 1.165) is 69.9 Å². The van der Waals surface area contributed by atoms with E-state index in [1.807, 2.05) is 18.2 Å². The van der Waals surface area contributed by atoms with Crippen molar-refractivity contribution in [1.82, 2.24) is 15.1 Å². The Labute approximate surface area is 193 Å². The van der Waals surface area contributed by atoms with Gasteiger partial charge in [0.15, 0.2) is 5.96 Å². The number of hydrogen-bond donors (Lipinski definition) is 1. The van der Waals surface area contributed by atoms with Crippen molar-refractivity contribution in [3.8, 4) is 0 Å². The van der Waals surface area contributed by atoms with E-state index in [4.69, 9.17) is 14.1 Å². The summed E-state index contributed by atoms with van der Waals surface area (Å²) < 4.78 is 10.5. The first-order valence-corrected chi connectivity index (χ1v) is 10.6. The van der Waals surface area contributed by atoms with Crippen molar-refractivity contribution in [3.05, 3.63) is 36.8 Å². The summed E-state index contributed by atoms with van der Waals surface area (Å²) in [5.74, 6) is 2.82. The van der Waals surface area contributed by atoms with E-state index >= 15 is 0 Å². The van der Waals surface area contributed by atoms with Gasteiger partial charge in [-0.25, -0.2) is 0 Å². The highest BCUT2D eigenvalue weighted by Gasteiger charge is 2.21. The molecule has 0 bridgehead atoms. The first-order valence-electron chi connectivity index (χ1n) is 10.6. The van der Waals surface area contributed by atoms with E-state index in [0.29, 0.717) is 0 Å². The number of furan rings is 1. The molecule has 0 radical (unpaired) electrons. The van der Waals surface area contributed by atoms with Crippen LogP contribution in [0.2, 0.25) is 0 Å². The van der Waals surface area contributed by atoms with Crippen LogP contribution in [-0.2, 0) is 11.2 Å². The van der Waals surface area contributed by atoms with Crippen LogP contribution in [0.3, 0.4) is 0 Å². The number of piperidine rings is 1. The van der Waals surface area contributed by atoms with Gasteiger partial charge in [0.05, 0.1) is 12.9 Å². The Bertz CT molecular complexity index is 557.